The molecule has 0 aromatic carbocycles. The zero-order chi connectivity index (χ0) is 13.9. The smallest absolute Gasteiger partial charge is 0.0794 e. The Morgan fingerprint density at radius 1 is 1.47 bits per heavy atom. The van der Waals surface area contributed by atoms with E-state index in [1.165, 1.54) is 12.1 Å². The molecule has 19 heavy (non-hydrogen) atoms. The van der Waals surface area contributed by atoms with E-state index in [1.54, 1.807) is 11.3 Å². The predicted molar refractivity (Wildman–Crippen MR) is 82.7 cm³/mol. The van der Waals surface area contributed by atoms with Crippen LogP contribution < -0.4 is 5.32 Å². The second kappa shape index (κ2) is 6.33. The SMILES string of the molecule is CCC1CNC(C(C)(C)C)CN1CCc1cscn1. The molecule has 3 nitrogen and oxygen atoms in total. The quantitative estimate of drug-likeness (QED) is 0.920. The maximum absolute atomic E-state index is 4.40. The Balaban J connectivity index is 1.94. The van der Waals surface area contributed by atoms with Crippen LogP contribution in [0.1, 0.15) is 39.8 Å². The van der Waals surface area contributed by atoms with Crippen molar-refractivity contribution in [1.82, 2.24) is 15.2 Å². The summed E-state index contributed by atoms with van der Waals surface area (Å²) >= 11 is 1.70. The van der Waals surface area contributed by atoms with Gasteiger partial charge in [0.1, 0.15) is 0 Å². The van der Waals surface area contributed by atoms with Crippen molar-refractivity contribution in [3.05, 3.63) is 16.6 Å². The Kier molecular flexibility index (Phi) is 4.98. The van der Waals surface area contributed by atoms with Crippen LogP contribution in [-0.2, 0) is 6.42 Å². The van der Waals surface area contributed by atoms with Crippen molar-refractivity contribution in [3.8, 4) is 0 Å². The zero-order valence-electron chi connectivity index (χ0n) is 12.6. The molecule has 1 fully saturated rings. The van der Waals surface area contributed by atoms with E-state index >= 15 is 0 Å². The number of hydrogen-bond acceptors (Lipinski definition) is 4. The normalized spacial score (nSPS) is 25.7. The maximum Gasteiger partial charge on any atom is 0.0794 e. The highest BCUT2D eigenvalue weighted by atomic mass is 32.1. The summed E-state index contributed by atoms with van der Waals surface area (Å²) in [6.45, 7) is 12.7. The van der Waals surface area contributed by atoms with E-state index in [0.717, 1.165) is 26.1 Å². The van der Waals surface area contributed by atoms with Gasteiger partial charge in [-0.2, -0.15) is 0 Å². The minimum absolute atomic E-state index is 0.331. The highest BCUT2D eigenvalue weighted by Gasteiger charge is 2.33. The van der Waals surface area contributed by atoms with E-state index in [-0.39, 0.29) is 0 Å². The molecule has 2 rings (SSSR count). The summed E-state index contributed by atoms with van der Waals surface area (Å²) in [5, 5.41) is 5.90. The molecule has 2 unspecified atom stereocenters. The van der Waals surface area contributed by atoms with Gasteiger partial charge in [-0.25, -0.2) is 4.98 Å². The molecule has 2 heterocycles. The van der Waals surface area contributed by atoms with Crippen molar-refractivity contribution < 1.29 is 0 Å². The predicted octanol–water partition coefficient (Wildman–Crippen LogP) is 2.78. The van der Waals surface area contributed by atoms with Crippen molar-refractivity contribution >= 4 is 11.3 Å². The first kappa shape index (κ1) is 14.9. The Labute approximate surface area is 121 Å². The lowest BCUT2D eigenvalue weighted by molar-refractivity contribution is 0.0844. The second-order valence-corrected chi connectivity index (χ2v) is 7.33. The summed E-state index contributed by atoms with van der Waals surface area (Å²) in [6, 6.07) is 1.27. The molecule has 0 amide bonds. The zero-order valence-corrected chi connectivity index (χ0v) is 13.5. The van der Waals surface area contributed by atoms with Crippen molar-refractivity contribution in [3.63, 3.8) is 0 Å². The molecule has 0 radical (unpaired) electrons. The fourth-order valence-electron chi connectivity index (χ4n) is 2.73. The summed E-state index contributed by atoms with van der Waals surface area (Å²) in [6.07, 6.45) is 2.30. The van der Waals surface area contributed by atoms with Gasteiger partial charge in [-0.3, -0.25) is 4.90 Å². The minimum atomic E-state index is 0.331. The Morgan fingerprint density at radius 2 is 2.26 bits per heavy atom. The summed E-state index contributed by atoms with van der Waals surface area (Å²) < 4.78 is 0. The summed E-state index contributed by atoms with van der Waals surface area (Å²) in [7, 11) is 0. The van der Waals surface area contributed by atoms with Crippen LogP contribution in [0.3, 0.4) is 0 Å². The first-order valence-corrected chi connectivity index (χ1v) is 8.29. The van der Waals surface area contributed by atoms with Gasteiger partial charge in [0.2, 0.25) is 0 Å². The van der Waals surface area contributed by atoms with Gasteiger partial charge in [-0.15, -0.1) is 11.3 Å². The number of aromatic nitrogens is 1. The van der Waals surface area contributed by atoms with Crippen LogP contribution in [0, 0.1) is 5.41 Å². The minimum Gasteiger partial charge on any atom is -0.311 e. The molecule has 1 aliphatic rings. The molecular weight excluding hydrogens is 254 g/mol. The van der Waals surface area contributed by atoms with E-state index in [1.807, 2.05) is 5.51 Å². The molecule has 1 N–H and O–H groups in total. The van der Waals surface area contributed by atoms with Gasteiger partial charge in [0, 0.05) is 43.5 Å². The van der Waals surface area contributed by atoms with Crippen LogP contribution in [0.15, 0.2) is 10.9 Å². The summed E-state index contributed by atoms with van der Waals surface area (Å²) in [5.41, 5.74) is 3.51. The first-order valence-electron chi connectivity index (χ1n) is 7.35. The average molecular weight is 281 g/mol. The Bertz CT molecular complexity index is 369. The highest BCUT2D eigenvalue weighted by molar-refractivity contribution is 7.07. The molecule has 4 heteroatoms. The van der Waals surface area contributed by atoms with Crippen molar-refractivity contribution in [2.45, 2.75) is 52.6 Å². The Hall–Kier alpha value is -0.450. The lowest BCUT2D eigenvalue weighted by Crippen LogP contribution is -2.60. The van der Waals surface area contributed by atoms with Crippen LogP contribution in [-0.4, -0.2) is 41.6 Å². The van der Waals surface area contributed by atoms with Crippen LogP contribution in [0.2, 0.25) is 0 Å². The number of hydrogen-bond donors (Lipinski definition) is 1. The third-order valence-corrected chi connectivity index (χ3v) is 4.82. The van der Waals surface area contributed by atoms with Crippen LogP contribution >= 0.6 is 11.3 Å². The third kappa shape index (κ3) is 4.01. The number of piperazine rings is 1. The second-order valence-electron chi connectivity index (χ2n) is 6.61. The topological polar surface area (TPSA) is 28.2 Å². The summed E-state index contributed by atoms with van der Waals surface area (Å²) in [5.74, 6) is 0. The molecule has 0 aliphatic carbocycles. The first-order chi connectivity index (χ1) is 9.00. The molecule has 1 saturated heterocycles. The van der Waals surface area contributed by atoms with Crippen molar-refractivity contribution in [1.29, 1.82) is 0 Å². The summed E-state index contributed by atoms with van der Waals surface area (Å²) in [4.78, 5) is 7.05. The van der Waals surface area contributed by atoms with Gasteiger partial charge in [-0.05, 0) is 11.8 Å². The lowest BCUT2D eigenvalue weighted by Gasteiger charge is -2.45. The molecule has 0 spiro atoms. The van der Waals surface area contributed by atoms with Gasteiger partial charge in [-0.1, -0.05) is 27.7 Å². The van der Waals surface area contributed by atoms with Crippen LogP contribution in [0.5, 0.6) is 0 Å². The maximum atomic E-state index is 4.40. The average Bonchev–Trinajstić information content (AvgIpc) is 2.88. The van der Waals surface area contributed by atoms with E-state index in [9.17, 15) is 0 Å². The number of thiazole rings is 1. The van der Waals surface area contributed by atoms with Crippen LogP contribution in [0.4, 0.5) is 0 Å². The van der Waals surface area contributed by atoms with E-state index < -0.39 is 0 Å². The Morgan fingerprint density at radius 3 is 2.84 bits per heavy atom. The van der Waals surface area contributed by atoms with Crippen LogP contribution in [0.25, 0.3) is 0 Å². The largest absolute Gasteiger partial charge is 0.311 e. The molecule has 1 aliphatic heterocycles. The molecule has 0 saturated carbocycles. The molecule has 2 atom stereocenters. The van der Waals surface area contributed by atoms with E-state index in [2.05, 4.69) is 48.3 Å². The molecular formula is C15H27N3S. The van der Waals surface area contributed by atoms with Crippen molar-refractivity contribution in [2.24, 2.45) is 5.41 Å². The highest BCUT2D eigenvalue weighted by Crippen LogP contribution is 2.24. The van der Waals surface area contributed by atoms with Gasteiger partial charge < -0.3 is 5.32 Å². The fourth-order valence-corrected chi connectivity index (χ4v) is 3.32. The van der Waals surface area contributed by atoms with Gasteiger partial charge in [0.15, 0.2) is 0 Å². The third-order valence-electron chi connectivity index (χ3n) is 4.19. The monoisotopic (exact) mass is 281 g/mol. The molecule has 1 aromatic heterocycles. The molecule has 1 aromatic rings. The van der Waals surface area contributed by atoms with Gasteiger partial charge >= 0.3 is 0 Å². The lowest BCUT2D eigenvalue weighted by atomic mass is 9.84. The molecule has 0 bridgehead atoms. The fraction of sp³-hybridized carbons (Fsp3) is 0.800. The number of nitrogens with zero attached hydrogens (tertiary/aromatic N) is 2. The van der Waals surface area contributed by atoms with Gasteiger partial charge in [0.25, 0.3) is 0 Å². The van der Waals surface area contributed by atoms with Gasteiger partial charge in [0.05, 0.1) is 11.2 Å². The van der Waals surface area contributed by atoms with Crippen molar-refractivity contribution in [2.75, 3.05) is 19.6 Å². The molecule has 108 valence electrons. The number of rotatable bonds is 4. The number of nitrogens with one attached hydrogen (secondary N) is 1. The van der Waals surface area contributed by atoms with E-state index in [4.69, 9.17) is 0 Å². The van der Waals surface area contributed by atoms with E-state index in [0.29, 0.717) is 17.5 Å². The standard InChI is InChI=1S/C15H27N3S/c1-5-13-8-16-14(15(2,3)4)9-18(13)7-6-12-10-19-11-17-12/h10-11,13-14,16H,5-9H2,1-4H3.